The number of ketones is 1. The van der Waals surface area contributed by atoms with Gasteiger partial charge in [0.15, 0.2) is 23.4 Å². The quantitative estimate of drug-likeness (QED) is 0.785. The van der Waals surface area contributed by atoms with Crippen LogP contribution in [0.4, 0.5) is 0 Å². The van der Waals surface area contributed by atoms with Crippen LogP contribution in [-0.2, 0) is 21.4 Å². The Hall–Kier alpha value is -1.59. The fourth-order valence-electron chi connectivity index (χ4n) is 6.18. The third-order valence-corrected chi connectivity index (χ3v) is 7.02. The van der Waals surface area contributed by atoms with Crippen LogP contribution in [0.1, 0.15) is 30.4 Å². The van der Waals surface area contributed by atoms with Crippen LogP contribution in [0.2, 0.25) is 0 Å². The minimum absolute atomic E-state index is 0.226. The molecule has 3 heterocycles. The van der Waals surface area contributed by atoms with Gasteiger partial charge in [0.25, 0.3) is 0 Å². The van der Waals surface area contributed by atoms with Crippen LogP contribution in [0.5, 0.6) is 11.5 Å². The van der Waals surface area contributed by atoms with Crippen LogP contribution in [0, 0.1) is 0 Å². The van der Waals surface area contributed by atoms with E-state index in [1.54, 1.807) is 7.11 Å². The molecule has 1 aromatic rings. The Morgan fingerprint density at radius 3 is 3.13 bits per heavy atom. The third kappa shape index (κ3) is 1.13. The van der Waals surface area contributed by atoms with Crippen molar-refractivity contribution in [1.29, 1.82) is 0 Å². The van der Waals surface area contributed by atoms with Gasteiger partial charge in [-0.05, 0) is 30.9 Å². The summed E-state index contributed by atoms with van der Waals surface area (Å²) in [4.78, 5) is 15.2. The number of piperidine rings is 1. The van der Waals surface area contributed by atoms with E-state index in [1.807, 2.05) is 6.07 Å². The van der Waals surface area contributed by atoms with Crippen molar-refractivity contribution in [2.24, 2.45) is 0 Å². The van der Waals surface area contributed by atoms with Crippen LogP contribution in [0.25, 0.3) is 0 Å². The molecule has 120 valence electrons. The molecule has 0 aromatic heterocycles. The Bertz CT molecular complexity index is 762. The lowest BCUT2D eigenvalue weighted by atomic mass is 9.49. The van der Waals surface area contributed by atoms with Crippen molar-refractivity contribution < 1.29 is 19.0 Å². The number of rotatable bonds is 1. The lowest BCUT2D eigenvalue weighted by Crippen LogP contribution is -2.73. The van der Waals surface area contributed by atoms with Crippen molar-refractivity contribution >= 4 is 5.78 Å². The summed E-state index contributed by atoms with van der Waals surface area (Å²) in [6.45, 7) is 1.67. The van der Waals surface area contributed by atoms with Crippen LogP contribution in [0.3, 0.4) is 0 Å². The average molecular weight is 313 g/mol. The largest absolute Gasteiger partial charge is 0.493 e. The summed E-state index contributed by atoms with van der Waals surface area (Å²) in [5.41, 5.74) is 1.97. The van der Waals surface area contributed by atoms with E-state index in [-0.39, 0.29) is 16.8 Å². The van der Waals surface area contributed by atoms with E-state index >= 15 is 0 Å². The maximum Gasteiger partial charge on any atom is 0.174 e. The fraction of sp³-hybridized carbons (Fsp3) is 0.611. The lowest BCUT2D eigenvalue weighted by molar-refractivity contribution is -0.159. The molecule has 5 heteroatoms. The Morgan fingerprint density at radius 1 is 1.35 bits per heavy atom. The third-order valence-electron chi connectivity index (χ3n) is 7.02. The highest BCUT2D eigenvalue weighted by Crippen LogP contribution is 2.67. The van der Waals surface area contributed by atoms with E-state index in [2.05, 4.69) is 11.0 Å². The minimum atomic E-state index is -0.399. The number of benzene rings is 1. The molecule has 5 nitrogen and oxygen atoms in total. The number of hydrogen-bond acceptors (Lipinski definition) is 5. The second kappa shape index (κ2) is 3.73. The molecule has 0 N–H and O–H groups in total. The molecule has 2 saturated heterocycles. The molecule has 23 heavy (non-hydrogen) atoms. The molecule has 2 spiro atoms. The SMILES string of the molecule is COc1ccc2c3c1OC1C(=O)CCC45OCN(CCC314)C5C2. The van der Waals surface area contributed by atoms with Gasteiger partial charge in [0.05, 0.1) is 12.5 Å². The van der Waals surface area contributed by atoms with Crippen LogP contribution < -0.4 is 9.47 Å². The first kappa shape index (κ1) is 12.8. The summed E-state index contributed by atoms with van der Waals surface area (Å²) < 4.78 is 18.3. The van der Waals surface area contributed by atoms with E-state index in [9.17, 15) is 4.79 Å². The molecule has 2 aliphatic carbocycles. The summed E-state index contributed by atoms with van der Waals surface area (Å²) in [7, 11) is 1.67. The molecule has 1 saturated carbocycles. The molecule has 4 bridgehead atoms. The van der Waals surface area contributed by atoms with Crippen molar-refractivity contribution in [3.63, 3.8) is 0 Å². The summed E-state index contributed by atoms with van der Waals surface area (Å²) >= 11 is 0. The molecule has 6 rings (SSSR count). The van der Waals surface area contributed by atoms with Crippen LogP contribution in [0.15, 0.2) is 12.1 Å². The van der Waals surface area contributed by atoms with E-state index in [1.165, 1.54) is 11.1 Å². The molecular formula is C18H19NO4. The van der Waals surface area contributed by atoms with Gasteiger partial charge in [-0.25, -0.2) is 0 Å². The molecule has 0 amide bonds. The van der Waals surface area contributed by atoms with Gasteiger partial charge in [-0.3, -0.25) is 9.69 Å². The van der Waals surface area contributed by atoms with Crippen molar-refractivity contribution in [1.82, 2.24) is 4.90 Å². The highest BCUT2D eigenvalue weighted by atomic mass is 16.6. The van der Waals surface area contributed by atoms with Crippen LogP contribution >= 0.6 is 0 Å². The Balaban J connectivity index is 1.72. The number of Topliss-reactive ketones (excluding diaryl/α,β-unsaturated/α-hetero) is 1. The van der Waals surface area contributed by atoms with E-state index in [0.29, 0.717) is 19.2 Å². The summed E-state index contributed by atoms with van der Waals surface area (Å²) in [5, 5.41) is 0. The number of nitrogens with zero attached hydrogens (tertiary/aromatic N) is 1. The van der Waals surface area contributed by atoms with Crippen molar-refractivity contribution in [3.05, 3.63) is 23.3 Å². The molecule has 5 aliphatic rings. The van der Waals surface area contributed by atoms with E-state index in [0.717, 1.165) is 37.3 Å². The zero-order valence-corrected chi connectivity index (χ0v) is 13.1. The minimum Gasteiger partial charge on any atom is -0.493 e. The van der Waals surface area contributed by atoms with E-state index in [4.69, 9.17) is 14.2 Å². The maximum atomic E-state index is 12.8. The van der Waals surface area contributed by atoms with Gasteiger partial charge in [0.1, 0.15) is 12.3 Å². The first-order valence-electron chi connectivity index (χ1n) is 8.49. The zero-order chi connectivity index (χ0) is 15.4. The summed E-state index contributed by atoms with van der Waals surface area (Å²) in [6, 6.07) is 4.52. The second-order valence-electron chi connectivity index (χ2n) is 7.51. The Labute approximate surface area is 134 Å². The Morgan fingerprint density at radius 2 is 2.26 bits per heavy atom. The van der Waals surface area contributed by atoms with Gasteiger partial charge >= 0.3 is 0 Å². The van der Waals surface area contributed by atoms with Gasteiger partial charge < -0.3 is 14.2 Å². The number of ether oxygens (including phenoxy) is 3. The fourth-order valence-corrected chi connectivity index (χ4v) is 6.18. The topological polar surface area (TPSA) is 48.0 Å². The lowest BCUT2D eigenvalue weighted by Gasteiger charge is -2.59. The molecule has 0 radical (unpaired) electrons. The standard InChI is InChI=1S/C18H19NO4/c1-21-12-3-2-10-8-13-18-5-4-11(20)16-17(18,14(10)15(12)23-16)6-7-19(13)9-22-18/h2-3,13,16H,4-9H2,1H3. The number of methoxy groups -OCH3 is 1. The average Bonchev–Trinajstić information content (AvgIpc) is 3.02. The van der Waals surface area contributed by atoms with Gasteiger partial charge in [0.2, 0.25) is 0 Å². The first-order valence-corrected chi connectivity index (χ1v) is 8.49. The summed E-state index contributed by atoms with van der Waals surface area (Å²) in [5.74, 6) is 1.77. The maximum absolute atomic E-state index is 12.8. The predicted octanol–water partition coefficient (Wildman–Crippen LogP) is 1.41. The molecule has 1 aromatic carbocycles. The molecule has 5 unspecified atom stereocenters. The molecule has 3 aliphatic heterocycles. The summed E-state index contributed by atoms with van der Waals surface area (Å²) in [6.07, 6.45) is 2.90. The van der Waals surface area contributed by atoms with Crippen molar-refractivity contribution in [2.45, 2.75) is 48.8 Å². The number of hydrogen-bond donors (Lipinski definition) is 0. The van der Waals surface area contributed by atoms with Crippen molar-refractivity contribution in [3.8, 4) is 11.5 Å². The Kier molecular flexibility index (Phi) is 2.07. The van der Waals surface area contributed by atoms with Gasteiger partial charge in [0, 0.05) is 24.6 Å². The highest BCUT2D eigenvalue weighted by molar-refractivity contribution is 5.90. The number of carbonyl (C=O) groups excluding carboxylic acids is 1. The van der Waals surface area contributed by atoms with Gasteiger partial charge in [-0.2, -0.15) is 0 Å². The van der Waals surface area contributed by atoms with E-state index < -0.39 is 6.10 Å². The number of carbonyl (C=O) groups is 1. The van der Waals surface area contributed by atoms with Crippen molar-refractivity contribution in [2.75, 3.05) is 20.4 Å². The molecular weight excluding hydrogens is 294 g/mol. The molecule has 3 fully saturated rings. The smallest absolute Gasteiger partial charge is 0.174 e. The monoisotopic (exact) mass is 313 g/mol. The normalized spacial score (nSPS) is 44.7. The van der Waals surface area contributed by atoms with Crippen LogP contribution in [-0.4, -0.2) is 48.8 Å². The molecule has 5 atom stereocenters. The van der Waals surface area contributed by atoms with Gasteiger partial charge in [-0.1, -0.05) is 6.07 Å². The van der Waals surface area contributed by atoms with Gasteiger partial charge in [-0.15, -0.1) is 0 Å². The first-order chi connectivity index (χ1) is 11.2. The highest BCUT2D eigenvalue weighted by Gasteiger charge is 2.76. The second-order valence-corrected chi connectivity index (χ2v) is 7.51. The predicted molar refractivity (Wildman–Crippen MR) is 80.8 cm³/mol. The zero-order valence-electron chi connectivity index (χ0n) is 13.1.